The number of nitrogens with zero attached hydrogens (tertiary/aromatic N) is 1. The molecule has 0 aromatic heterocycles. The van der Waals surface area contributed by atoms with Crippen LogP contribution in [0.2, 0.25) is 0 Å². The molecule has 2 heterocycles. The summed E-state index contributed by atoms with van der Waals surface area (Å²) in [6.07, 6.45) is 1.04. The number of hydrogen-bond acceptors (Lipinski definition) is 5. The first-order chi connectivity index (χ1) is 7.81. The minimum absolute atomic E-state index is 0.0832. The van der Waals surface area contributed by atoms with Crippen molar-refractivity contribution in [1.82, 2.24) is 4.90 Å². The number of ether oxygens (including phenoxy) is 3. The van der Waals surface area contributed by atoms with Crippen LogP contribution in [0.5, 0.6) is 0 Å². The Morgan fingerprint density at radius 1 is 1.50 bits per heavy atom. The van der Waals surface area contributed by atoms with Gasteiger partial charge in [0.25, 0.3) is 5.91 Å². The number of carbonyl (C=O) groups excluding carboxylic acids is 1. The molecule has 0 radical (unpaired) electrons. The Labute approximate surface area is 93.4 Å². The van der Waals surface area contributed by atoms with E-state index >= 15 is 0 Å². The first-order valence-corrected chi connectivity index (χ1v) is 5.27. The molecule has 90 valence electrons. The van der Waals surface area contributed by atoms with Crippen LogP contribution in [0.3, 0.4) is 0 Å². The molecule has 0 bridgehead atoms. The average molecular weight is 229 g/mol. The Hall–Kier alpha value is -1.27. The van der Waals surface area contributed by atoms with Crippen LogP contribution in [0, 0.1) is 0 Å². The van der Waals surface area contributed by atoms with Crippen molar-refractivity contribution in [1.29, 1.82) is 0 Å². The Balaban J connectivity index is 1.95. The maximum atomic E-state index is 11.9. The highest BCUT2D eigenvalue weighted by Crippen LogP contribution is 2.12. The van der Waals surface area contributed by atoms with Crippen LogP contribution in [0.25, 0.3) is 0 Å². The van der Waals surface area contributed by atoms with E-state index in [9.17, 15) is 4.79 Å². The van der Waals surface area contributed by atoms with Crippen LogP contribution in [0.15, 0.2) is 12.0 Å². The lowest BCUT2D eigenvalue weighted by Gasteiger charge is -2.32. The van der Waals surface area contributed by atoms with Gasteiger partial charge in [-0.2, -0.15) is 0 Å². The maximum absolute atomic E-state index is 11.9. The molecule has 1 saturated heterocycles. The van der Waals surface area contributed by atoms with E-state index in [-0.39, 0.29) is 24.4 Å². The van der Waals surface area contributed by atoms with Gasteiger partial charge in [-0.05, 0) is 0 Å². The summed E-state index contributed by atoms with van der Waals surface area (Å²) in [5, 5.41) is 8.97. The topological polar surface area (TPSA) is 68.2 Å². The zero-order valence-corrected chi connectivity index (χ0v) is 8.92. The predicted octanol–water partition coefficient (Wildman–Crippen LogP) is -0.906. The number of aliphatic hydroxyl groups excluding tert-OH is 1. The van der Waals surface area contributed by atoms with Crippen molar-refractivity contribution in [2.75, 3.05) is 39.5 Å². The van der Waals surface area contributed by atoms with Crippen LogP contribution in [-0.4, -0.2) is 61.5 Å². The Morgan fingerprint density at radius 3 is 3.06 bits per heavy atom. The van der Waals surface area contributed by atoms with Crippen molar-refractivity contribution in [3.8, 4) is 0 Å². The molecular weight excluding hydrogens is 214 g/mol. The molecule has 6 heteroatoms. The molecule has 0 aromatic carbocycles. The SMILES string of the molecule is O=C(C1=COCCO1)N1CCOC(CO)C1. The van der Waals surface area contributed by atoms with E-state index in [1.54, 1.807) is 4.90 Å². The largest absolute Gasteiger partial charge is 0.494 e. The van der Waals surface area contributed by atoms with E-state index in [2.05, 4.69) is 0 Å². The van der Waals surface area contributed by atoms with Crippen LogP contribution in [-0.2, 0) is 19.0 Å². The van der Waals surface area contributed by atoms with Gasteiger partial charge in [-0.25, -0.2) is 0 Å². The molecule has 16 heavy (non-hydrogen) atoms. The first kappa shape index (κ1) is 11.2. The van der Waals surface area contributed by atoms with Crippen molar-refractivity contribution >= 4 is 5.91 Å². The van der Waals surface area contributed by atoms with Gasteiger partial charge in [-0.15, -0.1) is 0 Å². The lowest BCUT2D eigenvalue weighted by Crippen LogP contribution is -2.47. The van der Waals surface area contributed by atoms with Crippen LogP contribution < -0.4 is 0 Å². The molecule has 1 unspecified atom stereocenters. The minimum atomic E-state index is -0.303. The number of carbonyl (C=O) groups is 1. The van der Waals surface area contributed by atoms with E-state index in [4.69, 9.17) is 19.3 Å². The smallest absolute Gasteiger partial charge is 0.292 e. The van der Waals surface area contributed by atoms with Gasteiger partial charge < -0.3 is 24.2 Å². The first-order valence-electron chi connectivity index (χ1n) is 5.27. The summed E-state index contributed by atoms with van der Waals surface area (Å²) < 4.78 is 15.5. The summed E-state index contributed by atoms with van der Waals surface area (Å²) in [5.41, 5.74) is 0. The Bertz CT molecular complexity index is 291. The fraction of sp³-hybridized carbons (Fsp3) is 0.700. The summed E-state index contributed by atoms with van der Waals surface area (Å²) in [4.78, 5) is 13.5. The summed E-state index contributed by atoms with van der Waals surface area (Å²) in [5.74, 6) is 0.0197. The van der Waals surface area contributed by atoms with Crippen LogP contribution in [0.4, 0.5) is 0 Å². The van der Waals surface area contributed by atoms with Gasteiger partial charge in [0.05, 0.1) is 19.3 Å². The molecule has 0 aliphatic carbocycles. The van der Waals surface area contributed by atoms with Crippen molar-refractivity contribution in [3.63, 3.8) is 0 Å². The third-order valence-corrected chi connectivity index (χ3v) is 2.49. The van der Waals surface area contributed by atoms with E-state index in [0.717, 1.165) is 0 Å². The molecule has 0 aromatic rings. The van der Waals surface area contributed by atoms with Crippen molar-refractivity contribution < 1.29 is 24.1 Å². The van der Waals surface area contributed by atoms with Gasteiger partial charge in [-0.3, -0.25) is 4.79 Å². The molecule has 2 rings (SSSR count). The normalized spacial score (nSPS) is 25.4. The summed E-state index contributed by atoms with van der Waals surface area (Å²) >= 11 is 0. The number of aliphatic hydroxyl groups is 1. The van der Waals surface area contributed by atoms with Crippen molar-refractivity contribution in [2.24, 2.45) is 0 Å². The predicted molar refractivity (Wildman–Crippen MR) is 53.4 cm³/mol. The third kappa shape index (κ3) is 2.45. The Kier molecular flexibility index (Phi) is 3.63. The highest BCUT2D eigenvalue weighted by Gasteiger charge is 2.27. The Morgan fingerprint density at radius 2 is 2.38 bits per heavy atom. The number of rotatable bonds is 2. The molecule has 0 saturated carbocycles. The van der Waals surface area contributed by atoms with Crippen LogP contribution >= 0.6 is 0 Å². The van der Waals surface area contributed by atoms with E-state index in [0.29, 0.717) is 32.9 Å². The standard InChI is InChI=1S/C10H15NO5/c12-6-8-5-11(1-2-15-8)10(13)9-7-14-3-4-16-9/h7-8,12H,1-6H2. The molecule has 6 nitrogen and oxygen atoms in total. The van der Waals surface area contributed by atoms with Gasteiger partial charge in [0.2, 0.25) is 5.76 Å². The molecule has 2 aliphatic rings. The molecule has 1 N–H and O–H groups in total. The van der Waals surface area contributed by atoms with E-state index in [1.165, 1.54) is 6.26 Å². The van der Waals surface area contributed by atoms with Gasteiger partial charge >= 0.3 is 0 Å². The number of hydrogen-bond donors (Lipinski definition) is 1. The number of amides is 1. The molecular formula is C10H15NO5. The zero-order valence-electron chi connectivity index (χ0n) is 8.92. The van der Waals surface area contributed by atoms with Crippen molar-refractivity contribution in [2.45, 2.75) is 6.10 Å². The minimum Gasteiger partial charge on any atom is -0.494 e. The fourth-order valence-corrected chi connectivity index (χ4v) is 1.65. The van der Waals surface area contributed by atoms with Crippen molar-refractivity contribution in [3.05, 3.63) is 12.0 Å². The summed E-state index contributed by atoms with van der Waals surface area (Å²) in [6.45, 7) is 2.11. The second-order valence-electron chi connectivity index (χ2n) is 3.63. The third-order valence-electron chi connectivity index (χ3n) is 2.49. The summed E-state index contributed by atoms with van der Waals surface area (Å²) in [6, 6.07) is 0. The average Bonchev–Trinajstić information content (AvgIpc) is 2.39. The zero-order chi connectivity index (χ0) is 11.4. The lowest BCUT2D eigenvalue weighted by atomic mass is 10.2. The van der Waals surface area contributed by atoms with Crippen LogP contribution in [0.1, 0.15) is 0 Å². The van der Waals surface area contributed by atoms with E-state index < -0.39 is 0 Å². The molecule has 0 spiro atoms. The summed E-state index contributed by atoms with van der Waals surface area (Å²) in [7, 11) is 0. The maximum Gasteiger partial charge on any atom is 0.292 e. The molecule has 1 fully saturated rings. The molecule has 1 amide bonds. The van der Waals surface area contributed by atoms with E-state index in [1.807, 2.05) is 0 Å². The lowest BCUT2D eigenvalue weighted by molar-refractivity contribution is -0.141. The number of morpholine rings is 1. The van der Waals surface area contributed by atoms with Gasteiger partial charge in [0.1, 0.15) is 19.5 Å². The highest BCUT2D eigenvalue weighted by molar-refractivity contribution is 5.91. The van der Waals surface area contributed by atoms with Gasteiger partial charge in [0, 0.05) is 13.1 Å². The monoisotopic (exact) mass is 229 g/mol. The van der Waals surface area contributed by atoms with Gasteiger partial charge in [0.15, 0.2) is 0 Å². The van der Waals surface area contributed by atoms with Gasteiger partial charge in [-0.1, -0.05) is 0 Å². The molecule has 1 atom stereocenters. The quantitative estimate of drug-likeness (QED) is 0.664. The second kappa shape index (κ2) is 5.18. The fourth-order valence-electron chi connectivity index (χ4n) is 1.65. The second-order valence-corrected chi connectivity index (χ2v) is 3.63. The highest BCUT2D eigenvalue weighted by atomic mass is 16.6. The molecule has 2 aliphatic heterocycles.